The third-order valence-electron chi connectivity index (χ3n) is 3.28. The van der Waals surface area contributed by atoms with Crippen molar-refractivity contribution in [3.63, 3.8) is 0 Å². The molecule has 1 aromatic rings. The molecule has 1 aromatic carbocycles. The van der Waals surface area contributed by atoms with Crippen molar-refractivity contribution in [3.8, 4) is 0 Å². The Morgan fingerprint density at radius 3 is 2.14 bits per heavy atom. The lowest BCUT2D eigenvalue weighted by molar-refractivity contribution is -0.148. The summed E-state index contributed by atoms with van der Waals surface area (Å²) in [7, 11) is 2.67. The molecule has 0 radical (unpaired) electrons. The molecule has 0 saturated carbocycles. The molecule has 1 rings (SSSR count). The number of likely N-dealkylation sites (N-methyl/N-ethyl adjacent to an activating group) is 2. The molecule has 0 aromatic heterocycles. The Bertz CT molecular complexity index is 543. The van der Waals surface area contributed by atoms with Crippen molar-refractivity contribution < 1.29 is 19.6 Å². The number of hydrogen-bond acceptors (Lipinski definition) is 4. The van der Waals surface area contributed by atoms with Crippen LogP contribution in [-0.2, 0) is 9.59 Å². The van der Waals surface area contributed by atoms with Crippen LogP contribution in [0.15, 0.2) is 24.3 Å². The molecule has 0 aliphatic carbocycles. The zero-order chi connectivity index (χ0) is 16.2. The first kappa shape index (κ1) is 17.4. The van der Waals surface area contributed by atoms with Crippen LogP contribution in [0.2, 0.25) is 0 Å². The molecule has 3 amide bonds. The topological polar surface area (TPSA) is 98.7 Å². The zero-order valence-corrected chi connectivity index (χ0v) is 14.0. The van der Waals surface area contributed by atoms with Gasteiger partial charge in [0.15, 0.2) is 5.54 Å². The number of nitrogens with one attached hydrogen (secondary N) is 2. The predicted molar refractivity (Wildman–Crippen MR) is 83.7 cm³/mol. The molecule has 8 heteroatoms. The van der Waals surface area contributed by atoms with Crippen molar-refractivity contribution in [2.45, 2.75) is 12.5 Å². The van der Waals surface area contributed by atoms with Gasteiger partial charge in [0.05, 0.1) is 0 Å². The van der Waals surface area contributed by atoms with Gasteiger partial charge in [-0.15, -0.1) is 0 Å². The highest BCUT2D eigenvalue weighted by molar-refractivity contribution is 14.1. The summed E-state index contributed by atoms with van der Waals surface area (Å²) in [5.74, 6) is -2.22. The second-order valence-corrected chi connectivity index (χ2v) is 5.71. The molecule has 3 N–H and O–H groups in total. The van der Waals surface area contributed by atoms with Gasteiger partial charge in [0.1, 0.15) is 0 Å². The quantitative estimate of drug-likeness (QED) is 0.292. The second-order valence-electron chi connectivity index (χ2n) is 4.46. The number of rotatable bonds is 4. The number of benzene rings is 1. The lowest BCUT2D eigenvalue weighted by Gasteiger charge is -2.34. The minimum atomic E-state index is -1.87. The van der Waals surface area contributed by atoms with E-state index in [2.05, 4.69) is 27.9 Å². The first-order valence-corrected chi connectivity index (χ1v) is 7.07. The molecule has 1 unspecified atom stereocenters. The van der Waals surface area contributed by atoms with E-state index >= 15 is 0 Å². The maximum atomic E-state index is 12.4. The molecule has 0 bridgehead atoms. The predicted octanol–water partition coefficient (Wildman–Crippen LogP) is 0.373. The smallest absolute Gasteiger partial charge is 0.278 e. The van der Waals surface area contributed by atoms with Crippen molar-refractivity contribution in [1.29, 1.82) is 0 Å². The minimum absolute atomic E-state index is 0.332. The van der Waals surface area contributed by atoms with E-state index in [9.17, 15) is 14.4 Å². The Kier molecular flexibility index (Phi) is 5.67. The Labute approximate surface area is 135 Å². The van der Waals surface area contributed by atoms with Gasteiger partial charge in [0, 0.05) is 23.2 Å². The first-order chi connectivity index (χ1) is 9.78. The maximum Gasteiger partial charge on any atom is 0.278 e. The fraction of sp³-hybridized carbons (Fsp3) is 0.308. The standard InChI is InChI=1S/C13H16IN3O4/c1-13(11(19)15-2,12(20)16-21)17(3)10(18)8-4-6-9(14)7-5-8/h4-7,21H,1-3H3,(H,15,19)(H,16,20). The van der Waals surface area contributed by atoms with Crippen LogP contribution in [-0.4, -0.2) is 47.5 Å². The van der Waals surface area contributed by atoms with Gasteiger partial charge in [0.2, 0.25) is 0 Å². The van der Waals surface area contributed by atoms with E-state index in [-0.39, 0.29) is 0 Å². The van der Waals surface area contributed by atoms with Crippen molar-refractivity contribution in [2.24, 2.45) is 0 Å². The highest BCUT2D eigenvalue weighted by Crippen LogP contribution is 2.18. The molecular weight excluding hydrogens is 389 g/mol. The fourth-order valence-corrected chi connectivity index (χ4v) is 2.11. The van der Waals surface area contributed by atoms with Crippen LogP contribution in [0.4, 0.5) is 0 Å². The molecule has 0 spiro atoms. The molecule has 0 aliphatic rings. The van der Waals surface area contributed by atoms with Crippen LogP contribution in [0.25, 0.3) is 0 Å². The van der Waals surface area contributed by atoms with Crippen LogP contribution in [0.1, 0.15) is 17.3 Å². The number of amides is 3. The molecule has 114 valence electrons. The Balaban J connectivity index is 3.19. The lowest BCUT2D eigenvalue weighted by atomic mass is 9.97. The van der Waals surface area contributed by atoms with Crippen molar-refractivity contribution in [1.82, 2.24) is 15.7 Å². The van der Waals surface area contributed by atoms with Crippen LogP contribution in [0.5, 0.6) is 0 Å². The van der Waals surface area contributed by atoms with E-state index in [0.29, 0.717) is 5.56 Å². The number of carbonyl (C=O) groups is 3. The molecule has 0 fully saturated rings. The molecule has 0 saturated heterocycles. The van der Waals surface area contributed by atoms with E-state index < -0.39 is 23.3 Å². The average Bonchev–Trinajstić information content (AvgIpc) is 2.51. The summed E-state index contributed by atoms with van der Waals surface area (Å²) in [6, 6.07) is 6.68. The summed E-state index contributed by atoms with van der Waals surface area (Å²) in [6.07, 6.45) is 0. The Hall–Kier alpha value is -1.68. The first-order valence-electron chi connectivity index (χ1n) is 5.99. The molecule has 0 heterocycles. The number of hydroxylamine groups is 1. The summed E-state index contributed by atoms with van der Waals surface area (Å²) >= 11 is 2.10. The van der Waals surface area contributed by atoms with Crippen LogP contribution in [0.3, 0.4) is 0 Å². The SMILES string of the molecule is CNC(=O)C(C)(C(=O)NO)N(C)C(=O)c1ccc(I)cc1. The van der Waals surface area contributed by atoms with Crippen molar-refractivity contribution in [2.75, 3.05) is 14.1 Å². The van der Waals surface area contributed by atoms with Crippen molar-refractivity contribution >= 4 is 40.3 Å². The van der Waals surface area contributed by atoms with E-state index in [1.165, 1.54) is 26.5 Å². The van der Waals surface area contributed by atoms with E-state index in [4.69, 9.17) is 5.21 Å². The van der Waals surface area contributed by atoms with Crippen LogP contribution in [0, 0.1) is 3.57 Å². The summed E-state index contributed by atoms with van der Waals surface area (Å²) in [4.78, 5) is 37.2. The number of halogens is 1. The number of nitrogens with zero attached hydrogens (tertiary/aromatic N) is 1. The Morgan fingerprint density at radius 2 is 1.71 bits per heavy atom. The largest absolute Gasteiger partial charge is 0.357 e. The highest BCUT2D eigenvalue weighted by Gasteiger charge is 2.47. The number of carbonyl (C=O) groups excluding carboxylic acids is 3. The molecule has 21 heavy (non-hydrogen) atoms. The minimum Gasteiger partial charge on any atom is -0.357 e. The maximum absolute atomic E-state index is 12.4. The van der Waals surface area contributed by atoms with Gasteiger partial charge in [-0.25, -0.2) is 5.48 Å². The molecule has 1 atom stereocenters. The Morgan fingerprint density at radius 1 is 1.19 bits per heavy atom. The molecular formula is C13H16IN3O4. The third-order valence-corrected chi connectivity index (χ3v) is 4.00. The van der Waals surface area contributed by atoms with Gasteiger partial charge < -0.3 is 10.2 Å². The normalized spacial score (nSPS) is 13.0. The lowest BCUT2D eigenvalue weighted by Crippen LogP contribution is -2.64. The summed E-state index contributed by atoms with van der Waals surface area (Å²) < 4.78 is 0.953. The van der Waals surface area contributed by atoms with Gasteiger partial charge in [-0.1, -0.05) is 0 Å². The van der Waals surface area contributed by atoms with E-state index in [1.807, 2.05) is 0 Å². The van der Waals surface area contributed by atoms with Crippen LogP contribution < -0.4 is 10.8 Å². The van der Waals surface area contributed by atoms with Gasteiger partial charge >= 0.3 is 0 Å². The molecule has 0 aliphatic heterocycles. The van der Waals surface area contributed by atoms with Crippen molar-refractivity contribution in [3.05, 3.63) is 33.4 Å². The second kappa shape index (κ2) is 6.85. The monoisotopic (exact) mass is 405 g/mol. The fourth-order valence-electron chi connectivity index (χ4n) is 1.75. The van der Waals surface area contributed by atoms with E-state index in [1.54, 1.807) is 24.3 Å². The summed E-state index contributed by atoms with van der Waals surface area (Å²) in [5.41, 5.74) is -0.117. The summed E-state index contributed by atoms with van der Waals surface area (Å²) in [5, 5.41) is 11.1. The van der Waals surface area contributed by atoms with Gasteiger partial charge in [0.25, 0.3) is 17.7 Å². The summed E-state index contributed by atoms with van der Waals surface area (Å²) in [6.45, 7) is 1.25. The van der Waals surface area contributed by atoms with Gasteiger partial charge in [-0.05, 0) is 53.8 Å². The third kappa shape index (κ3) is 3.32. The number of hydrogen-bond donors (Lipinski definition) is 3. The van der Waals surface area contributed by atoms with Gasteiger partial charge in [-0.3, -0.25) is 19.6 Å². The highest BCUT2D eigenvalue weighted by atomic mass is 127. The van der Waals surface area contributed by atoms with Gasteiger partial charge in [-0.2, -0.15) is 0 Å². The molecule has 7 nitrogen and oxygen atoms in total. The van der Waals surface area contributed by atoms with Crippen LogP contribution >= 0.6 is 22.6 Å². The average molecular weight is 405 g/mol. The zero-order valence-electron chi connectivity index (χ0n) is 11.8. The van der Waals surface area contributed by atoms with E-state index in [0.717, 1.165) is 8.47 Å².